The third kappa shape index (κ3) is 5.06. The second-order valence-corrected chi connectivity index (χ2v) is 12.2. The first kappa shape index (κ1) is 28.9. The van der Waals surface area contributed by atoms with E-state index in [1.807, 2.05) is 43.0 Å². The fourth-order valence-electron chi connectivity index (χ4n) is 6.43. The molecule has 2 atom stereocenters. The summed E-state index contributed by atoms with van der Waals surface area (Å²) < 4.78 is 1.69. The predicted octanol–water partition coefficient (Wildman–Crippen LogP) is 6.49. The predicted molar refractivity (Wildman–Crippen MR) is 174 cm³/mol. The topological polar surface area (TPSA) is 71.3 Å². The number of allylic oxidation sites excluding steroid dienone is 2. The number of benzene rings is 2. The van der Waals surface area contributed by atoms with Crippen molar-refractivity contribution < 1.29 is 4.79 Å². The summed E-state index contributed by atoms with van der Waals surface area (Å²) in [5.74, 6) is 0.594. The highest BCUT2D eigenvalue weighted by Gasteiger charge is 2.34. The number of carbonyl (C=O) groups excluding carboxylic acids is 1. The van der Waals surface area contributed by atoms with E-state index in [0.29, 0.717) is 47.1 Å². The fraction of sp³-hybridized carbons (Fsp3) is 0.314. The van der Waals surface area contributed by atoms with Crippen LogP contribution in [0.5, 0.6) is 0 Å². The van der Waals surface area contributed by atoms with Gasteiger partial charge in [-0.25, -0.2) is 14.3 Å². The molecule has 0 radical (unpaired) electrons. The van der Waals surface area contributed by atoms with Gasteiger partial charge < -0.3 is 9.80 Å². The molecule has 0 saturated carbocycles. The van der Waals surface area contributed by atoms with Crippen LogP contribution in [0.25, 0.3) is 28.0 Å². The molecule has 1 amide bonds. The van der Waals surface area contributed by atoms with Crippen LogP contribution >= 0.6 is 11.6 Å². The van der Waals surface area contributed by atoms with Crippen molar-refractivity contribution in [2.24, 2.45) is 0 Å². The summed E-state index contributed by atoms with van der Waals surface area (Å²) in [5, 5.41) is 1.19. The number of para-hydroxylation sites is 1. The first-order chi connectivity index (χ1) is 20.7. The number of carbonyl (C=O) groups is 1. The number of halogens is 1. The Kier molecular flexibility index (Phi) is 7.69. The molecule has 6 rings (SSSR count). The average molecular weight is 594 g/mol. The largest absolute Gasteiger partial charge is 0.355 e. The van der Waals surface area contributed by atoms with Gasteiger partial charge in [0.05, 0.1) is 21.8 Å². The molecule has 1 fully saturated rings. The van der Waals surface area contributed by atoms with Crippen molar-refractivity contribution in [3.63, 3.8) is 0 Å². The van der Waals surface area contributed by atoms with Gasteiger partial charge in [0.25, 0.3) is 0 Å². The van der Waals surface area contributed by atoms with Gasteiger partial charge in [-0.1, -0.05) is 86.6 Å². The molecular weight excluding hydrogens is 558 g/mol. The third-order valence-corrected chi connectivity index (χ3v) is 8.92. The van der Waals surface area contributed by atoms with Gasteiger partial charge in [-0.05, 0) is 61.4 Å². The Morgan fingerprint density at radius 2 is 1.72 bits per heavy atom. The summed E-state index contributed by atoms with van der Waals surface area (Å²) in [4.78, 5) is 40.7. The molecule has 2 unspecified atom stereocenters. The lowest BCUT2D eigenvalue weighted by Crippen LogP contribution is -2.58. The Morgan fingerprint density at radius 1 is 1.00 bits per heavy atom. The molecular formula is C35H36ClN5O2. The second-order valence-electron chi connectivity index (χ2n) is 11.8. The van der Waals surface area contributed by atoms with E-state index in [-0.39, 0.29) is 23.9 Å². The molecule has 1 saturated heterocycles. The number of aromatic nitrogens is 3. The number of fused-ring (bicyclic) bond motifs is 5. The molecule has 7 nitrogen and oxygen atoms in total. The van der Waals surface area contributed by atoms with Gasteiger partial charge in [0.1, 0.15) is 5.82 Å². The number of pyridine rings is 1. The number of nitrogens with zero attached hydrogens (tertiary/aromatic N) is 5. The minimum atomic E-state index is -0.392. The second kappa shape index (κ2) is 11.5. The van der Waals surface area contributed by atoms with Gasteiger partial charge in [0.2, 0.25) is 5.91 Å². The minimum absolute atomic E-state index is 0.0977. The van der Waals surface area contributed by atoms with E-state index in [4.69, 9.17) is 21.6 Å². The molecule has 2 aromatic carbocycles. The van der Waals surface area contributed by atoms with Gasteiger partial charge in [0, 0.05) is 30.7 Å². The van der Waals surface area contributed by atoms with Crippen molar-refractivity contribution in [3.8, 4) is 16.9 Å². The smallest absolute Gasteiger partial charge is 0.349 e. The molecule has 0 N–H and O–H groups in total. The molecule has 2 aliphatic rings. The Balaban J connectivity index is 1.68. The summed E-state index contributed by atoms with van der Waals surface area (Å²) >= 11 is 7.06. The van der Waals surface area contributed by atoms with E-state index in [9.17, 15) is 9.59 Å². The molecule has 0 spiro atoms. The Morgan fingerprint density at radius 3 is 2.47 bits per heavy atom. The summed E-state index contributed by atoms with van der Waals surface area (Å²) in [6, 6.07) is 16.1. The number of hydrogen-bond acceptors (Lipinski definition) is 5. The average Bonchev–Trinajstić information content (AvgIpc) is 2.99. The number of anilines is 1. The first-order valence-corrected chi connectivity index (χ1v) is 15.3. The molecule has 2 aromatic heterocycles. The summed E-state index contributed by atoms with van der Waals surface area (Å²) in [7, 11) is 0. The Hall–Kier alpha value is -4.23. The zero-order valence-corrected chi connectivity index (χ0v) is 25.8. The van der Waals surface area contributed by atoms with E-state index >= 15 is 0 Å². The maximum Gasteiger partial charge on any atom is 0.355 e. The fourth-order valence-corrected chi connectivity index (χ4v) is 6.68. The summed E-state index contributed by atoms with van der Waals surface area (Å²) in [6.07, 6.45) is 7.10. The SMILES string of the molecule is C=CC(=O)N1CC(C)N(c2nc(=O)n3c4nc(c(Cl)cc24)-c2ccccc2C/C=C/Cc2cccc(C(C)C)c2-3)CC1C. The van der Waals surface area contributed by atoms with Crippen molar-refractivity contribution in [2.75, 3.05) is 18.0 Å². The van der Waals surface area contributed by atoms with Crippen molar-refractivity contribution >= 4 is 34.4 Å². The van der Waals surface area contributed by atoms with E-state index in [0.717, 1.165) is 34.4 Å². The molecule has 2 bridgehead atoms. The van der Waals surface area contributed by atoms with Gasteiger partial charge in [-0.15, -0.1) is 0 Å². The zero-order valence-electron chi connectivity index (χ0n) is 25.0. The van der Waals surface area contributed by atoms with Crippen molar-refractivity contribution in [3.05, 3.63) is 106 Å². The molecule has 8 heteroatoms. The first-order valence-electron chi connectivity index (χ1n) is 14.9. The molecule has 43 heavy (non-hydrogen) atoms. The molecule has 4 heterocycles. The monoisotopic (exact) mass is 593 g/mol. The quantitative estimate of drug-likeness (QED) is 0.201. The van der Waals surface area contributed by atoms with Crippen molar-refractivity contribution in [1.29, 1.82) is 0 Å². The lowest BCUT2D eigenvalue weighted by atomic mass is 9.95. The van der Waals surface area contributed by atoms with Crippen LogP contribution in [-0.4, -0.2) is 50.5 Å². The molecule has 2 aliphatic heterocycles. The van der Waals surface area contributed by atoms with Gasteiger partial charge >= 0.3 is 5.69 Å². The third-order valence-electron chi connectivity index (χ3n) is 8.63. The van der Waals surface area contributed by atoms with Crippen LogP contribution in [0.2, 0.25) is 5.02 Å². The van der Waals surface area contributed by atoms with Crippen LogP contribution in [0.4, 0.5) is 5.82 Å². The zero-order chi connectivity index (χ0) is 30.4. The molecule has 4 aromatic rings. The normalized spacial score (nSPS) is 19.0. The van der Waals surface area contributed by atoms with Crippen LogP contribution in [-0.2, 0) is 17.6 Å². The van der Waals surface area contributed by atoms with E-state index in [1.165, 1.54) is 6.08 Å². The van der Waals surface area contributed by atoms with Crippen LogP contribution in [0.1, 0.15) is 50.3 Å². The van der Waals surface area contributed by atoms with Gasteiger partial charge in [-0.3, -0.25) is 4.79 Å². The Labute approximate surface area is 257 Å². The molecule has 220 valence electrons. The maximum absolute atomic E-state index is 14.3. The highest BCUT2D eigenvalue weighted by molar-refractivity contribution is 6.34. The number of amides is 1. The van der Waals surface area contributed by atoms with E-state index < -0.39 is 5.69 Å². The van der Waals surface area contributed by atoms with Crippen LogP contribution in [0, 0.1) is 0 Å². The molecule has 0 aliphatic carbocycles. The van der Waals surface area contributed by atoms with E-state index in [1.54, 1.807) is 4.57 Å². The van der Waals surface area contributed by atoms with E-state index in [2.05, 4.69) is 61.7 Å². The van der Waals surface area contributed by atoms with Gasteiger partial charge in [0.15, 0.2) is 5.65 Å². The van der Waals surface area contributed by atoms with Gasteiger partial charge in [-0.2, -0.15) is 4.98 Å². The van der Waals surface area contributed by atoms with Crippen molar-refractivity contribution in [2.45, 2.75) is 58.5 Å². The lowest BCUT2D eigenvalue weighted by molar-refractivity contribution is -0.128. The standard InChI is InChI=1S/C35H36ClN5O2/c1-6-30(42)39-19-23(5)40(20-22(39)4)33-28-18-29(36)31-27-16-10-9-13-24(27)12-7-8-14-25-15-11-17-26(21(2)3)32(25)41(34(28)37-31)35(43)38-33/h6-11,13,15-18,21-23H,1,12,14,19-20H2,2-5H3/b8-7+. The summed E-state index contributed by atoms with van der Waals surface area (Å²) in [6.45, 7) is 13.0. The van der Waals surface area contributed by atoms with Crippen LogP contribution in [0.3, 0.4) is 0 Å². The number of piperazine rings is 1. The highest BCUT2D eigenvalue weighted by Crippen LogP contribution is 2.37. The number of rotatable bonds is 3. The number of hydrogen-bond donors (Lipinski definition) is 0. The summed E-state index contributed by atoms with van der Waals surface area (Å²) in [5.41, 5.74) is 5.73. The van der Waals surface area contributed by atoms with Crippen LogP contribution in [0.15, 0.2) is 78.1 Å². The minimum Gasteiger partial charge on any atom is -0.349 e. The Bertz CT molecular complexity index is 1840. The lowest BCUT2D eigenvalue weighted by Gasteiger charge is -2.44. The van der Waals surface area contributed by atoms with Crippen molar-refractivity contribution in [1.82, 2.24) is 19.4 Å². The maximum atomic E-state index is 14.3. The highest BCUT2D eigenvalue weighted by atomic mass is 35.5. The van der Waals surface area contributed by atoms with Crippen LogP contribution < -0.4 is 10.6 Å².